The van der Waals surface area contributed by atoms with Gasteiger partial charge in [-0.15, -0.1) is 0 Å². The van der Waals surface area contributed by atoms with Gasteiger partial charge in [-0.3, -0.25) is 4.79 Å². The molecule has 1 amide bonds. The van der Waals surface area contributed by atoms with Gasteiger partial charge in [0.25, 0.3) is 5.91 Å². The van der Waals surface area contributed by atoms with Gasteiger partial charge in [0.1, 0.15) is 0 Å². The van der Waals surface area contributed by atoms with E-state index in [0.717, 1.165) is 35.3 Å². The molecule has 2 aromatic heterocycles. The van der Waals surface area contributed by atoms with Crippen LogP contribution in [0, 0.1) is 6.92 Å². The smallest absolute Gasteiger partial charge is 0.251 e. The maximum absolute atomic E-state index is 12.4. The first kappa shape index (κ1) is 20.6. The number of halogens is 1. The molecule has 1 aromatic carbocycles. The summed E-state index contributed by atoms with van der Waals surface area (Å²) in [6.45, 7) is 6.53. The minimum absolute atomic E-state index is 0.0203. The summed E-state index contributed by atoms with van der Waals surface area (Å²) in [5.41, 5.74) is 4.44. The molecule has 1 saturated carbocycles. The van der Waals surface area contributed by atoms with Crippen molar-refractivity contribution in [1.82, 2.24) is 19.9 Å². The number of aromatic nitrogens is 3. The molecule has 8 heteroatoms. The van der Waals surface area contributed by atoms with Gasteiger partial charge in [0.15, 0.2) is 10.8 Å². The number of nitrogens with zero attached hydrogens (tertiary/aromatic N) is 3. The molecule has 1 aliphatic rings. The van der Waals surface area contributed by atoms with E-state index in [1.165, 1.54) is 0 Å². The molecule has 158 valence electrons. The van der Waals surface area contributed by atoms with E-state index in [2.05, 4.69) is 20.7 Å². The summed E-state index contributed by atoms with van der Waals surface area (Å²) in [6, 6.07) is 7.84. The minimum atomic E-state index is -0.337. The van der Waals surface area contributed by atoms with Crippen LogP contribution in [0.3, 0.4) is 0 Å². The first-order valence-corrected chi connectivity index (χ1v) is 10.4. The molecule has 0 radical (unpaired) electrons. The molecule has 0 bridgehead atoms. The van der Waals surface area contributed by atoms with Gasteiger partial charge in [0, 0.05) is 36.9 Å². The van der Waals surface area contributed by atoms with Crippen molar-refractivity contribution >= 4 is 28.8 Å². The molecular weight excluding hydrogens is 402 g/mol. The average molecular weight is 428 g/mol. The Morgan fingerprint density at radius 2 is 2.10 bits per heavy atom. The highest BCUT2D eigenvalue weighted by Crippen LogP contribution is 2.28. The largest absolute Gasteiger partial charge is 0.379 e. The van der Waals surface area contributed by atoms with Crippen LogP contribution in [-0.4, -0.2) is 45.8 Å². The number of anilines is 1. The molecule has 0 atom stereocenters. The SMILES string of the molecule is COC(C)(C)CNc1cc(Cl)nn2c(-c3ccc(C(=O)NC4CC4)c(C)c3)cnc12. The Morgan fingerprint density at radius 1 is 1.33 bits per heavy atom. The summed E-state index contributed by atoms with van der Waals surface area (Å²) < 4.78 is 7.20. The third kappa shape index (κ3) is 4.27. The lowest BCUT2D eigenvalue weighted by Crippen LogP contribution is -2.32. The number of benzene rings is 1. The zero-order valence-corrected chi connectivity index (χ0v) is 18.4. The number of ether oxygens (including phenoxy) is 1. The summed E-state index contributed by atoms with van der Waals surface area (Å²) in [7, 11) is 1.68. The fourth-order valence-corrected chi connectivity index (χ4v) is 3.40. The Morgan fingerprint density at radius 3 is 2.77 bits per heavy atom. The second-order valence-corrected chi connectivity index (χ2v) is 8.74. The highest BCUT2D eigenvalue weighted by atomic mass is 35.5. The normalized spacial score (nSPS) is 14.2. The van der Waals surface area contributed by atoms with Gasteiger partial charge in [-0.05, 0) is 51.3 Å². The van der Waals surface area contributed by atoms with Gasteiger partial charge in [-0.1, -0.05) is 17.7 Å². The van der Waals surface area contributed by atoms with Gasteiger partial charge >= 0.3 is 0 Å². The van der Waals surface area contributed by atoms with Crippen LogP contribution in [0.25, 0.3) is 16.9 Å². The number of imidazole rings is 1. The molecule has 0 saturated heterocycles. The van der Waals surface area contributed by atoms with Gasteiger partial charge in [0.05, 0.1) is 23.2 Å². The van der Waals surface area contributed by atoms with Gasteiger partial charge < -0.3 is 15.4 Å². The Kier molecular flexibility index (Phi) is 5.42. The molecular formula is C22H26ClN5O2. The number of nitrogens with one attached hydrogen (secondary N) is 2. The molecule has 2 heterocycles. The topological polar surface area (TPSA) is 80.5 Å². The minimum Gasteiger partial charge on any atom is -0.379 e. The van der Waals surface area contributed by atoms with Crippen LogP contribution < -0.4 is 10.6 Å². The van der Waals surface area contributed by atoms with E-state index in [9.17, 15) is 4.79 Å². The summed E-state index contributed by atoms with van der Waals surface area (Å²) in [6.07, 6.45) is 3.90. The zero-order chi connectivity index (χ0) is 21.5. The van der Waals surface area contributed by atoms with Crippen molar-refractivity contribution in [1.29, 1.82) is 0 Å². The van der Waals surface area contributed by atoms with Gasteiger partial charge in [0.2, 0.25) is 0 Å². The molecule has 1 fully saturated rings. The number of carbonyl (C=O) groups is 1. The Bertz CT molecular complexity index is 1100. The third-order valence-electron chi connectivity index (χ3n) is 5.37. The summed E-state index contributed by atoms with van der Waals surface area (Å²) in [5, 5.41) is 11.2. The predicted octanol–water partition coefficient (Wildman–Crippen LogP) is 4.09. The number of fused-ring (bicyclic) bond motifs is 1. The van der Waals surface area contributed by atoms with Crippen molar-refractivity contribution in [2.24, 2.45) is 0 Å². The van der Waals surface area contributed by atoms with Crippen molar-refractivity contribution < 1.29 is 9.53 Å². The standard InChI is InChI=1S/C22H26ClN5O2/c1-13-9-14(5-8-16(13)21(29)26-15-6-7-15)18-11-24-20-17(10-19(23)27-28(18)20)25-12-22(2,3)30-4/h5,8-11,15,25H,6-7,12H2,1-4H3,(H,26,29). The number of aryl methyl sites for hydroxylation is 1. The molecule has 30 heavy (non-hydrogen) atoms. The number of amides is 1. The molecule has 2 N–H and O–H groups in total. The fraction of sp³-hybridized carbons (Fsp3) is 0.409. The van der Waals surface area contributed by atoms with E-state index in [1.54, 1.807) is 23.9 Å². The van der Waals surface area contributed by atoms with E-state index in [0.29, 0.717) is 29.0 Å². The molecule has 3 aromatic rings. The van der Waals surface area contributed by atoms with Crippen LogP contribution in [-0.2, 0) is 4.74 Å². The van der Waals surface area contributed by atoms with Crippen LogP contribution in [0.4, 0.5) is 5.69 Å². The first-order chi connectivity index (χ1) is 14.3. The lowest BCUT2D eigenvalue weighted by Gasteiger charge is -2.23. The van der Waals surface area contributed by atoms with Crippen LogP contribution >= 0.6 is 11.6 Å². The first-order valence-electron chi connectivity index (χ1n) is 10.0. The summed E-state index contributed by atoms with van der Waals surface area (Å²) >= 11 is 6.29. The van der Waals surface area contributed by atoms with Crippen molar-refractivity contribution in [2.75, 3.05) is 19.0 Å². The Balaban J connectivity index is 1.66. The van der Waals surface area contributed by atoms with Crippen LogP contribution in [0.5, 0.6) is 0 Å². The number of rotatable bonds is 7. The second-order valence-electron chi connectivity index (χ2n) is 8.35. The van der Waals surface area contributed by atoms with Crippen molar-refractivity contribution in [3.05, 3.63) is 46.7 Å². The van der Waals surface area contributed by atoms with Gasteiger partial charge in [-0.2, -0.15) is 5.10 Å². The summed E-state index contributed by atoms with van der Waals surface area (Å²) in [5.74, 6) is -0.0203. The Hall–Kier alpha value is -2.64. The maximum Gasteiger partial charge on any atom is 0.251 e. The van der Waals surface area contributed by atoms with Crippen LogP contribution in [0.2, 0.25) is 5.15 Å². The quantitative estimate of drug-likeness (QED) is 0.593. The lowest BCUT2D eigenvalue weighted by molar-refractivity contribution is 0.0344. The monoisotopic (exact) mass is 427 g/mol. The molecule has 7 nitrogen and oxygen atoms in total. The van der Waals surface area contributed by atoms with E-state index in [4.69, 9.17) is 16.3 Å². The average Bonchev–Trinajstić information content (AvgIpc) is 3.41. The number of hydrogen-bond donors (Lipinski definition) is 2. The third-order valence-corrected chi connectivity index (χ3v) is 5.56. The van der Waals surface area contributed by atoms with Gasteiger partial charge in [-0.25, -0.2) is 9.50 Å². The van der Waals surface area contributed by atoms with E-state index >= 15 is 0 Å². The fourth-order valence-electron chi connectivity index (χ4n) is 3.21. The molecule has 4 rings (SSSR count). The molecule has 0 unspecified atom stereocenters. The molecule has 0 spiro atoms. The predicted molar refractivity (Wildman–Crippen MR) is 118 cm³/mol. The van der Waals surface area contributed by atoms with E-state index in [1.807, 2.05) is 39.0 Å². The van der Waals surface area contributed by atoms with Crippen LogP contribution in [0.15, 0.2) is 30.5 Å². The molecule has 0 aliphatic heterocycles. The highest BCUT2D eigenvalue weighted by Gasteiger charge is 2.24. The number of methoxy groups -OCH3 is 1. The van der Waals surface area contributed by atoms with E-state index < -0.39 is 0 Å². The van der Waals surface area contributed by atoms with Crippen molar-refractivity contribution in [3.63, 3.8) is 0 Å². The van der Waals surface area contributed by atoms with Crippen LogP contribution in [0.1, 0.15) is 42.6 Å². The summed E-state index contributed by atoms with van der Waals surface area (Å²) in [4.78, 5) is 17.0. The van der Waals surface area contributed by atoms with E-state index in [-0.39, 0.29) is 11.5 Å². The van der Waals surface area contributed by atoms with Crippen molar-refractivity contribution in [3.8, 4) is 11.3 Å². The molecule has 1 aliphatic carbocycles. The zero-order valence-electron chi connectivity index (χ0n) is 17.6. The second kappa shape index (κ2) is 7.89. The highest BCUT2D eigenvalue weighted by molar-refractivity contribution is 6.29. The Labute approximate surface area is 180 Å². The lowest BCUT2D eigenvalue weighted by atomic mass is 10.0. The van der Waals surface area contributed by atoms with Crippen molar-refractivity contribution in [2.45, 2.75) is 45.3 Å². The number of hydrogen-bond acceptors (Lipinski definition) is 5. The maximum atomic E-state index is 12.4. The number of carbonyl (C=O) groups excluding carboxylic acids is 1.